The van der Waals surface area contributed by atoms with Gasteiger partial charge in [0.1, 0.15) is 0 Å². The molecule has 0 saturated heterocycles. The Balaban J connectivity index is 4.38. The zero-order valence-corrected chi connectivity index (χ0v) is 12.8. The highest BCUT2D eigenvalue weighted by Crippen LogP contribution is 2.30. The molecular weight excluding hydrogens is 276 g/mol. The lowest BCUT2D eigenvalue weighted by Crippen LogP contribution is -2.26. The Hall–Kier alpha value is 0.430. The van der Waals surface area contributed by atoms with Gasteiger partial charge in [0.25, 0.3) is 0 Å². The number of rotatable bonds is 5. The fourth-order valence-corrected chi connectivity index (χ4v) is 3.66. The molecule has 4 heteroatoms. The summed E-state index contributed by atoms with van der Waals surface area (Å²) in [7, 11) is -2.88. The molecule has 0 aromatic heterocycles. The van der Waals surface area contributed by atoms with E-state index in [0.29, 0.717) is 11.7 Å². The first-order chi connectivity index (χ1) is 6.61. The largest absolute Gasteiger partial charge is 0.229 e. The fourth-order valence-electron chi connectivity index (χ4n) is 1.28. The molecule has 1 unspecified atom stereocenters. The maximum atomic E-state index is 11.7. The third-order valence-electron chi connectivity index (χ3n) is 2.88. The molecular formula is C11H23BrO2S. The van der Waals surface area contributed by atoms with E-state index in [1.807, 2.05) is 0 Å². The molecule has 0 amide bonds. The Kier molecular flexibility index (Phi) is 5.83. The molecule has 0 fully saturated rings. The van der Waals surface area contributed by atoms with E-state index in [1.54, 1.807) is 13.8 Å². The third-order valence-corrected chi connectivity index (χ3v) is 5.90. The topological polar surface area (TPSA) is 34.1 Å². The molecule has 0 N–H and O–H groups in total. The third kappa shape index (κ3) is 5.34. The van der Waals surface area contributed by atoms with Gasteiger partial charge >= 0.3 is 0 Å². The maximum absolute atomic E-state index is 11.7. The van der Waals surface area contributed by atoms with Crippen molar-refractivity contribution in [1.29, 1.82) is 0 Å². The van der Waals surface area contributed by atoms with E-state index in [9.17, 15) is 8.42 Å². The van der Waals surface area contributed by atoms with Crippen molar-refractivity contribution >= 4 is 25.8 Å². The number of sulfone groups is 1. The molecule has 0 bridgehead atoms. The first-order valence-electron chi connectivity index (χ1n) is 5.38. The van der Waals surface area contributed by atoms with Crippen molar-refractivity contribution in [2.45, 2.75) is 46.3 Å². The minimum atomic E-state index is -2.88. The van der Waals surface area contributed by atoms with E-state index in [-0.39, 0.29) is 10.7 Å². The number of hydrogen-bond donors (Lipinski definition) is 0. The second-order valence-corrected chi connectivity index (χ2v) is 8.75. The molecule has 0 aromatic rings. The number of halogens is 1. The van der Waals surface area contributed by atoms with Gasteiger partial charge in [0.05, 0.1) is 11.0 Å². The summed E-state index contributed by atoms with van der Waals surface area (Å²) in [5.41, 5.74) is 0.163. The van der Waals surface area contributed by atoms with Gasteiger partial charge in [-0.15, -0.1) is 0 Å². The molecule has 0 radical (unpaired) electrons. The number of hydrogen-bond acceptors (Lipinski definition) is 2. The molecule has 1 atom stereocenters. The summed E-state index contributed by atoms with van der Waals surface area (Å²) in [6.07, 6.45) is 0.745. The Morgan fingerprint density at radius 3 is 1.93 bits per heavy atom. The number of alkyl halides is 1. The van der Waals surface area contributed by atoms with E-state index in [0.717, 1.165) is 11.8 Å². The molecule has 0 heterocycles. The molecule has 0 saturated carbocycles. The van der Waals surface area contributed by atoms with Crippen LogP contribution in [0.15, 0.2) is 0 Å². The van der Waals surface area contributed by atoms with Crippen molar-refractivity contribution in [1.82, 2.24) is 0 Å². The second-order valence-electron chi connectivity index (χ2n) is 5.42. The minimum Gasteiger partial charge on any atom is -0.229 e. The standard InChI is InChI=1S/C11H23BrO2S/c1-9(2)15(13,14)7-6-10(8-12)11(3,4)5/h9-10H,6-8H2,1-5H3. The average molecular weight is 299 g/mol. The summed E-state index contributed by atoms with van der Waals surface area (Å²) >= 11 is 3.46. The molecule has 0 aliphatic rings. The van der Waals surface area contributed by atoms with Crippen molar-refractivity contribution in [2.24, 2.45) is 11.3 Å². The van der Waals surface area contributed by atoms with Crippen LogP contribution in [0.25, 0.3) is 0 Å². The van der Waals surface area contributed by atoms with Crippen LogP contribution >= 0.6 is 15.9 Å². The van der Waals surface area contributed by atoms with Crippen LogP contribution in [0.3, 0.4) is 0 Å². The Bertz CT molecular complexity index is 275. The summed E-state index contributed by atoms with van der Waals surface area (Å²) in [6, 6.07) is 0. The minimum absolute atomic E-state index is 0.163. The fraction of sp³-hybridized carbons (Fsp3) is 1.00. The molecule has 0 rings (SSSR count). The van der Waals surface area contributed by atoms with Crippen LogP contribution in [-0.4, -0.2) is 24.8 Å². The van der Waals surface area contributed by atoms with Crippen LogP contribution in [0.4, 0.5) is 0 Å². The van der Waals surface area contributed by atoms with Gasteiger partial charge in [-0.2, -0.15) is 0 Å². The molecule has 2 nitrogen and oxygen atoms in total. The Labute approximate surface area is 103 Å². The van der Waals surface area contributed by atoms with Gasteiger partial charge < -0.3 is 0 Å². The van der Waals surface area contributed by atoms with Crippen LogP contribution in [0, 0.1) is 11.3 Å². The SMILES string of the molecule is CC(C)S(=O)(=O)CCC(CBr)C(C)(C)C. The first-order valence-corrected chi connectivity index (χ1v) is 8.22. The van der Waals surface area contributed by atoms with Gasteiger partial charge in [0.15, 0.2) is 9.84 Å². The lowest BCUT2D eigenvalue weighted by Gasteiger charge is -2.29. The van der Waals surface area contributed by atoms with E-state index in [4.69, 9.17) is 0 Å². The predicted octanol–water partition coefficient (Wildman–Crippen LogP) is 3.26. The van der Waals surface area contributed by atoms with Crippen LogP contribution in [-0.2, 0) is 9.84 Å². The molecule has 0 aliphatic carbocycles. The van der Waals surface area contributed by atoms with Crippen LogP contribution < -0.4 is 0 Å². The summed E-state index contributed by atoms with van der Waals surface area (Å²) in [4.78, 5) is 0. The highest BCUT2D eigenvalue weighted by atomic mass is 79.9. The van der Waals surface area contributed by atoms with Crippen molar-refractivity contribution in [3.8, 4) is 0 Å². The van der Waals surface area contributed by atoms with E-state index in [2.05, 4.69) is 36.7 Å². The highest BCUT2D eigenvalue weighted by molar-refractivity contribution is 9.09. The predicted molar refractivity (Wildman–Crippen MR) is 70.3 cm³/mol. The van der Waals surface area contributed by atoms with Gasteiger partial charge in [-0.1, -0.05) is 36.7 Å². The molecule has 0 spiro atoms. The maximum Gasteiger partial charge on any atom is 0.152 e. The lowest BCUT2D eigenvalue weighted by atomic mass is 9.80. The summed E-state index contributed by atoms with van der Waals surface area (Å²) in [6.45, 7) is 9.95. The second kappa shape index (κ2) is 5.67. The average Bonchev–Trinajstić information content (AvgIpc) is 2.02. The zero-order chi connectivity index (χ0) is 12.3. The summed E-state index contributed by atoms with van der Waals surface area (Å²) in [5, 5.41) is 0.609. The van der Waals surface area contributed by atoms with Crippen molar-refractivity contribution in [3.05, 3.63) is 0 Å². The Morgan fingerprint density at radius 1 is 1.20 bits per heavy atom. The Morgan fingerprint density at radius 2 is 1.67 bits per heavy atom. The van der Waals surface area contributed by atoms with E-state index in [1.165, 1.54) is 0 Å². The van der Waals surface area contributed by atoms with Gasteiger partial charge in [0.2, 0.25) is 0 Å². The van der Waals surface area contributed by atoms with Crippen molar-refractivity contribution in [3.63, 3.8) is 0 Å². The summed E-state index contributed by atoms with van der Waals surface area (Å²) in [5.74, 6) is 0.712. The van der Waals surface area contributed by atoms with Crippen LogP contribution in [0.5, 0.6) is 0 Å². The van der Waals surface area contributed by atoms with Gasteiger partial charge in [0, 0.05) is 5.33 Å². The lowest BCUT2D eigenvalue weighted by molar-refractivity contribution is 0.262. The van der Waals surface area contributed by atoms with Gasteiger partial charge in [-0.25, -0.2) is 8.42 Å². The van der Waals surface area contributed by atoms with E-state index < -0.39 is 9.84 Å². The van der Waals surface area contributed by atoms with Crippen LogP contribution in [0.2, 0.25) is 0 Å². The van der Waals surface area contributed by atoms with Crippen molar-refractivity contribution in [2.75, 3.05) is 11.1 Å². The monoisotopic (exact) mass is 298 g/mol. The summed E-state index contributed by atoms with van der Waals surface area (Å²) < 4.78 is 23.3. The normalized spacial score (nSPS) is 15.7. The molecule has 92 valence electrons. The molecule has 0 aliphatic heterocycles. The van der Waals surface area contributed by atoms with Crippen LogP contribution in [0.1, 0.15) is 41.0 Å². The quantitative estimate of drug-likeness (QED) is 0.730. The van der Waals surface area contributed by atoms with Gasteiger partial charge in [-0.05, 0) is 31.6 Å². The van der Waals surface area contributed by atoms with Crippen molar-refractivity contribution < 1.29 is 8.42 Å². The smallest absolute Gasteiger partial charge is 0.152 e. The zero-order valence-electron chi connectivity index (χ0n) is 10.4. The molecule has 15 heavy (non-hydrogen) atoms. The van der Waals surface area contributed by atoms with Gasteiger partial charge in [-0.3, -0.25) is 0 Å². The molecule has 0 aromatic carbocycles. The first kappa shape index (κ1) is 15.4. The van der Waals surface area contributed by atoms with E-state index >= 15 is 0 Å². The highest BCUT2D eigenvalue weighted by Gasteiger charge is 2.26.